The minimum absolute atomic E-state index is 0.0386. The fraction of sp³-hybridized carbons (Fsp3) is 0.368. The van der Waals surface area contributed by atoms with Crippen LogP contribution in [0.4, 0.5) is 0 Å². The number of nitrogens with zero attached hydrogens (tertiary/aromatic N) is 1. The molecule has 0 saturated heterocycles. The van der Waals surface area contributed by atoms with Crippen molar-refractivity contribution in [3.05, 3.63) is 40.9 Å². The molecule has 2 fully saturated rings. The van der Waals surface area contributed by atoms with E-state index in [0.29, 0.717) is 17.6 Å². The maximum atomic E-state index is 12.0. The second-order valence-corrected chi connectivity index (χ2v) is 7.30. The molecule has 24 heavy (non-hydrogen) atoms. The Morgan fingerprint density at radius 2 is 1.83 bits per heavy atom. The van der Waals surface area contributed by atoms with Crippen LogP contribution in [-0.4, -0.2) is 18.2 Å². The first-order valence-corrected chi connectivity index (χ1v) is 9.18. The van der Waals surface area contributed by atoms with E-state index in [1.807, 2.05) is 36.4 Å². The molecule has 124 valence electrons. The summed E-state index contributed by atoms with van der Waals surface area (Å²) in [6.07, 6.45) is 4.86. The lowest BCUT2D eigenvalue weighted by molar-refractivity contribution is -0.123. The standard InChI is InChI=1S/C19H19BrN2O2/c20-18-15-4-2-1-3-12(15)9-10-16(18)24-11-17(23)21-22-19(13-5-6-13)14-7-8-14/h1-4,9-10,13-14H,5-8,11H2,(H,21,23). The molecular formula is C19H19BrN2O2. The van der Waals surface area contributed by atoms with Gasteiger partial charge in [0.05, 0.1) is 4.47 Å². The smallest absolute Gasteiger partial charge is 0.277 e. The second kappa shape index (κ2) is 6.55. The Kier molecular flexibility index (Phi) is 4.27. The fourth-order valence-corrected chi connectivity index (χ4v) is 3.51. The van der Waals surface area contributed by atoms with Crippen molar-refractivity contribution in [2.24, 2.45) is 16.9 Å². The predicted octanol–water partition coefficient (Wildman–Crippen LogP) is 4.27. The van der Waals surface area contributed by atoms with Crippen LogP contribution in [0.5, 0.6) is 5.75 Å². The maximum Gasteiger partial charge on any atom is 0.277 e. The summed E-state index contributed by atoms with van der Waals surface area (Å²) >= 11 is 3.56. The molecule has 2 aromatic carbocycles. The molecule has 0 atom stereocenters. The Morgan fingerprint density at radius 3 is 2.54 bits per heavy atom. The molecular weight excluding hydrogens is 368 g/mol. The summed E-state index contributed by atoms with van der Waals surface area (Å²) in [7, 11) is 0. The van der Waals surface area contributed by atoms with Crippen LogP contribution >= 0.6 is 15.9 Å². The zero-order valence-electron chi connectivity index (χ0n) is 13.3. The van der Waals surface area contributed by atoms with Crippen LogP contribution in [0, 0.1) is 11.8 Å². The van der Waals surface area contributed by atoms with Gasteiger partial charge in [0.15, 0.2) is 6.61 Å². The van der Waals surface area contributed by atoms with Gasteiger partial charge in [-0.2, -0.15) is 5.10 Å². The Labute approximate surface area is 149 Å². The third-order valence-corrected chi connectivity index (χ3v) is 5.31. The molecule has 0 bridgehead atoms. The van der Waals surface area contributed by atoms with Crippen molar-refractivity contribution in [1.29, 1.82) is 0 Å². The highest BCUT2D eigenvalue weighted by molar-refractivity contribution is 9.10. The predicted molar refractivity (Wildman–Crippen MR) is 98.2 cm³/mol. The third-order valence-electron chi connectivity index (χ3n) is 4.49. The van der Waals surface area contributed by atoms with Gasteiger partial charge in [0, 0.05) is 5.71 Å². The molecule has 2 aliphatic carbocycles. The number of nitrogens with one attached hydrogen (secondary N) is 1. The van der Waals surface area contributed by atoms with Crippen molar-refractivity contribution in [3.8, 4) is 5.75 Å². The number of hydrogen-bond donors (Lipinski definition) is 1. The fourth-order valence-electron chi connectivity index (χ4n) is 2.90. The van der Waals surface area contributed by atoms with Gasteiger partial charge in [0.25, 0.3) is 5.91 Å². The Morgan fingerprint density at radius 1 is 1.12 bits per heavy atom. The highest BCUT2D eigenvalue weighted by atomic mass is 79.9. The third kappa shape index (κ3) is 3.46. The molecule has 4 nitrogen and oxygen atoms in total. The van der Waals surface area contributed by atoms with Gasteiger partial charge in [0.1, 0.15) is 5.75 Å². The van der Waals surface area contributed by atoms with Crippen LogP contribution in [-0.2, 0) is 4.79 Å². The van der Waals surface area contributed by atoms with E-state index in [0.717, 1.165) is 15.2 Å². The van der Waals surface area contributed by atoms with E-state index < -0.39 is 0 Å². The van der Waals surface area contributed by atoms with Gasteiger partial charge in [-0.05, 0) is 70.3 Å². The maximum absolute atomic E-state index is 12.0. The van der Waals surface area contributed by atoms with Gasteiger partial charge >= 0.3 is 0 Å². The molecule has 0 heterocycles. The Hall–Kier alpha value is -1.88. The van der Waals surface area contributed by atoms with Crippen LogP contribution < -0.4 is 10.2 Å². The summed E-state index contributed by atoms with van der Waals surface area (Å²) in [6, 6.07) is 11.9. The summed E-state index contributed by atoms with van der Waals surface area (Å²) in [5, 5.41) is 6.55. The van der Waals surface area contributed by atoms with E-state index in [9.17, 15) is 4.79 Å². The van der Waals surface area contributed by atoms with Crippen molar-refractivity contribution < 1.29 is 9.53 Å². The molecule has 5 heteroatoms. The van der Waals surface area contributed by atoms with Gasteiger partial charge in [-0.1, -0.05) is 30.3 Å². The summed E-state index contributed by atoms with van der Waals surface area (Å²) in [5.41, 5.74) is 3.85. The average molecular weight is 387 g/mol. The number of carbonyl (C=O) groups is 1. The zero-order valence-corrected chi connectivity index (χ0v) is 14.9. The van der Waals surface area contributed by atoms with Gasteiger partial charge < -0.3 is 4.74 Å². The molecule has 0 aromatic heterocycles. The number of halogens is 1. The lowest BCUT2D eigenvalue weighted by Crippen LogP contribution is -2.26. The molecule has 0 spiro atoms. The summed E-state index contributed by atoms with van der Waals surface area (Å²) in [5.74, 6) is 1.66. The SMILES string of the molecule is O=C(COc1ccc2ccccc2c1Br)NN=C(C1CC1)C1CC1. The number of fused-ring (bicyclic) bond motifs is 1. The second-order valence-electron chi connectivity index (χ2n) is 6.51. The molecule has 2 aliphatic rings. The number of hydrogen-bond acceptors (Lipinski definition) is 3. The van der Waals surface area contributed by atoms with E-state index in [4.69, 9.17) is 4.74 Å². The lowest BCUT2D eigenvalue weighted by Gasteiger charge is -2.10. The van der Waals surface area contributed by atoms with Gasteiger partial charge in [-0.3, -0.25) is 4.79 Å². The Balaban J connectivity index is 1.38. The number of rotatable bonds is 6. The molecule has 1 amide bonds. The first kappa shape index (κ1) is 15.6. The number of carbonyl (C=O) groups excluding carboxylic acids is 1. The minimum Gasteiger partial charge on any atom is -0.483 e. The van der Waals surface area contributed by atoms with Crippen molar-refractivity contribution in [3.63, 3.8) is 0 Å². The molecule has 0 aliphatic heterocycles. The van der Waals surface area contributed by atoms with E-state index in [1.54, 1.807) is 0 Å². The number of hydrazone groups is 1. The number of benzene rings is 2. The molecule has 1 N–H and O–H groups in total. The first-order valence-electron chi connectivity index (χ1n) is 8.39. The molecule has 0 unspecified atom stereocenters. The van der Waals surface area contributed by atoms with E-state index in [1.165, 1.54) is 31.4 Å². The average Bonchev–Trinajstić information content (AvgIpc) is 3.48. The highest BCUT2D eigenvalue weighted by Gasteiger charge is 2.38. The van der Waals surface area contributed by atoms with Gasteiger partial charge in [-0.25, -0.2) is 5.43 Å². The number of amides is 1. The number of ether oxygens (including phenoxy) is 1. The molecule has 2 saturated carbocycles. The van der Waals surface area contributed by atoms with Crippen molar-refractivity contribution in [2.75, 3.05) is 6.61 Å². The van der Waals surface area contributed by atoms with Crippen LogP contribution in [0.2, 0.25) is 0 Å². The lowest BCUT2D eigenvalue weighted by atomic mass is 10.1. The molecule has 0 radical (unpaired) electrons. The largest absolute Gasteiger partial charge is 0.483 e. The summed E-state index contributed by atoms with van der Waals surface area (Å²) < 4.78 is 6.53. The van der Waals surface area contributed by atoms with Crippen molar-refractivity contribution in [1.82, 2.24) is 5.43 Å². The van der Waals surface area contributed by atoms with E-state index >= 15 is 0 Å². The van der Waals surface area contributed by atoms with E-state index in [2.05, 4.69) is 26.5 Å². The van der Waals surface area contributed by atoms with Crippen LogP contribution in [0.1, 0.15) is 25.7 Å². The highest BCUT2D eigenvalue weighted by Crippen LogP contribution is 2.42. The molecule has 4 rings (SSSR count). The quantitative estimate of drug-likeness (QED) is 0.595. The van der Waals surface area contributed by atoms with E-state index in [-0.39, 0.29) is 12.5 Å². The Bertz CT molecular complexity index is 796. The van der Waals surface area contributed by atoms with Crippen molar-refractivity contribution >= 4 is 38.3 Å². The summed E-state index contributed by atoms with van der Waals surface area (Å²) in [4.78, 5) is 12.0. The van der Waals surface area contributed by atoms with Gasteiger partial charge in [0.2, 0.25) is 0 Å². The molecule has 2 aromatic rings. The van der Waals surface area contributed by atoms with Crippen LogP contribution in [0.3, 0.4) is 0 Å². The zero-order chi connectivity index (χ0) is 16.5. The minimum atomic E-state index is -0.214. The van der Waals surface area contributed by atoms with Crippen LogP contribution in [0.15, 0.2) is 46.0 Å². The van der Waals surface area contributed by atoms with Gasteiger partial charge in [-0.15, -0.1) is 0 Å². The normalized spacial score (nSPS) is 16.7. The first-order chi connectivity index (χ1) is 11.7. The topological polar surface area (TPSA) is 50.7 Å². The summed E-state index contributed by atoms with van der Waals surface area (Å²) in [6.45, 7) is -0.0386. The van der Waals surface area contributed by atoms with Crippen LogP contribution in [0.25, 0.3) is 10.8 Å². The monoisotopic (exact) mass is 386 g/mol. The van der Waals surface area contributed by atoms with Crippen molar-refractivity contribution in [2.45, 2.75) is 25.7 Å².